The summed E-state index contributed by atoms with van der Waals surface area (Å²) in [7, 11) is 0. The van der Waals surface area contributed by atoms with Gasteiger partial charge in [0.05, 0.1) is 0 Å². The molecule has 0 aromatic heterocycles. The number of hydrogen-bond acceptors (Lipinski definition) is 1. The Morgan fingerprint density at radius 3 is 2.18 bits per heavy atom. The molecule has 0 saturated heterocycles. The van der Waals surface area contributed by atoms with E-state index in [1.807, 2.05) is 0 Å². The van der Waals surface area contributed by atoms with Crippen molar-refractivity contribution in [3.8, 4) is 0 Å². The maximum Gasteiger partial charge on any atom is 0.126 e. The van der Waals surface area contributed by atoms with Crippen molar-refractivity contribution in [2.45, 2.75) is 40.0 Å². The first-order chi connectivity index (χ1) is 5.10. The second-order valence-electron chi connectivity index (χ2n) is 4.38. The van der Waals surface area contributed by atoms with Crippen molar-refractivity contribution >= 4 is 6.29 Å². The number of rotatable bonds is 4. The molecule has 1 heteroatoms. The lowest BCUT2D eigenvalue weighted by Gasteiger charge is -2.19. The summed E-state index contributed by atoms with van der Waals surface area (Å²) in [5.41, 5.74) is 0.101. The molecule has 1 unspecified atom stereocenters. The molecule has 0 amide bonds. The molecule has 1 rings (SSSR count). The van der Waals surface area contributed by atoms with Gasteiger partial charge in [0.1, 0.15) is 6.29 Å². The van der Waals surface area contributed by atoms with Gasteiger partial charge in [-0.05, 0) is 31.1 Å². The van der Waals surface area contributed by atoms with Crippen LogP contribution < -0.4 is 0 Å². The van der Waals surface area contributed by atoms with Gasteiger partial charge in [0.15, 0.2) is 0 Å². The van der Waals surface area contributed by atoms with E-state index in [1.165, 1.54) is 12.7 Å². The van der Waals surface area contributed by atoms with Crippen molar-refractivity contribution in [3.63, 3.8) is 0 Å². The predicted octanol–water partition coefficient (Wildman–Crippen LogP) is 2.65. The summed E-state index contributed by atoms with van der Waals surface area (Å²) in [6, 6.07) is 0. The first kappa shape index (κ1) is 8.76. The van der Waals surface area contributed by atoms with E-state index in [1.54, 1.807) is 0 Å². The smallest absolute Gasteiger partial charge is 0.126 e. The Balaban J connectivity index is 2.40. The maximum atomic E-state index is 10.7. The van der Waals surface area contributed by atoms with Gasteiger partial charge in [0.2, 0.25) is 0 Å². The molecule has 1 nitrogen and oxygen atoms in total. The first-order valence-electron chi connectivity index (χ1n) is 4.57. The molecule has 0 N–H and O–H groups in total. The fourth-order valence-corrected chi connectivity index (χ4v) is 1.81. The van der Waals surface area contributed by atoms with Crippen LogP contribution in [0.25, 0.3) is 0 Å². The standard InChI is InChI=1S/C10H18O/c1-8(2)6-9(3)10(7-11)4-5-10/h7-9H,4-6H2,1-3H3. The summed E-state index contributed by atoms with van der Waals surface area (Å²) in [4.78, 5) is 10.7. The van der Waals surface area contributed by atoms with Crippen molar-refractivity contribution in [1.29, 1.82) is 0 Å². The van der Waals surface area contributed by atoms with Crippen LogP contribution in [0.15, 0.2) is 0 Å². The van der Waals surface area contributed by atoms with Crippen molar-refractivity contribution in [1.82, 2.24) is 0 Å². The third-order valence-corrected chi connectivity index (χ3v) is 2.87. The zero-order valence-electron chi connectivity index (χ0n) is 7.76. The van der Waals surface area contributed by atoms with E-state index in [0.29, 0.717) is 5.92 Å². The van der Waals surface area contributed by atoms with E-state index >= 15 is 0 Å². The van der Waals surface area contributed by atoms with E-state index in [9.17, 15) is 4.79 Å². The molecule has 11 heavy (non-hydrogen) atoms. The molecule has 1 aliphatic carbocycles. The topological polar surface area (TPSA) is 17.1 Å². The molecule has 0 aromatic rings. The van der Waals surface area contributed by atoms with Crippen LogP contribution in [0, 0.1) is 17.3 Å². The Labute approximate surface area is 69.2 Å². The van der Waals surface area contributed by atoms with E-state index < -0.39 is 0 Å². The fraction of sp³-hybridized carbons (Fsp3) is 0.900. The minimum Gasteiger partial charge on any atom is -0.303 e. The second-order valence-corrected chi connectivity index (χ2v) is 4.38. The van der Waals surface area contributed by atoms with Gasteiger partial charge in [-0.2, -0.15) is 0 Å². The van der Waals surface area contributed by atoms with Gasteiger partial charge in [-0.25, -0.2) is 0 Å². The fourth-order valence-electron chi connectivity index (χ4n) is 1.81. The van der Waals surface area contributed by atoms with E-state index in [4.69, 9.17) is 0 Å². The number of carbonyl (C=O) groups excluding carboxylic acids is 1. The lowest BCUT2D eigenvalue weighted by molar-refractivity contribution is -0.113. The van der Waals surface area contributed by atoms with Crippen LogP contribution in [0.5, 0.6) is 0 Å². The number of hydrogen-bond donors (Lipinski definition) is 0. The van der Waals surface area contributed by atoms with Gasteiger partial charge in [0.25, 0.3) is 0 Å². The highest BCUT2D eigenvalue weighted by Gasteiger charge is 2.46. The zero-order chi connectivity index (χ0) is 8.48. The molecular weight excluding hydrogens is 136 g/mol. The Bertz CT molecular complexity index is 145. The third kappa shape index (κ3) is 1.82. The van der Waals surface area contributed by atoms with Crippen molar-refractivity contribution in [3.05, 3.63) is 0 Å². The molecule has 0 aromatic carbocycles. The van der Waals surface area contributed by atoms with E-state index in [0.717, 1.165) is 18.8 Å². The van der Waals surface area contributed by atoms with Crippen molar-refractivity contribution < 1.29 is 4.79 Å². The van der Waals surface area contributed by atoms with Gasteiger partial charge in [-0.3, -0.25) is 0 Å². The van der Waals surface area contributed by atoms with Crippen LogP contribution >= 0.6 is 0 Å². The molecule has 0 heterocycles. The molecule has 0 bridgehead atoms. The largest absolute Gasteiger partial charge is 0.303 e. The van der Waals surface area contributed by atoms with Gasteiger partial charge < -0.3 is 4.79 Å². The number of carbonyl (C=O) groups is 1. The Kier molecular flexibility index (Phi) is 2.36. The summed E-state index contributed by atoms with van der Waals surface area (Å²) < 4.78 is 0. The van der Waals surface area contributed by atoms with Crippen molar-refractivity contribution in [2.75, 3.05) is 0 Å². The molecule has 64 valence electrons. The molecule has 1 fully saturated rings. The molecule has 0 radical (unpaired) electrons. The highest BCUT2D eigenvalue weighted by Crippen LogP contribution is 2.51. The first-order valence-corrected chi connectivity index (χ1v) is 4.57. The van der Waals surface area contributed by atoms with E-state index in [-0.39, 0.29) is 5.41 Å². The Morgan fingerprint density at radius 1 is 1.36 bits per heavy atom. The van der Waals surface area contributed by atoms with Crippen LogP contribution in [-0.4, -0.2) is 6.29 Å². The van der Waals surface area contributed by atoms with Gasteiger partial charge >= 0.3 is 0 Å². The summed E-state index contributed by atoms with van der Waals surface area (Å²) in [5, 5.41) is 0. The van der Waals surface area contributed by atoms with Crippen LogP contribution in [0.4, 0.5) is 0 Å². The van der Waals surface area contributed by atoms with Gasteiger partial charge in [-0.1, -0.05) is 20.8 Å². The normalized spacial score (nSPS) is 23.3. The highest BCUT2D eigenvalue weighted by molar-refractivity contribution is 5.63. The van der Waals surface area contributed by atoms with Crippen LogP contribution in [-0.2, 0) is 4.79 Å². The molecule has 0 spiro atoms. The number of aldehydes is 1. The van der Waals surface area contributed by atoms with E-state index in [2.05, 4.69) is 20.8 Å². The molecule has 1 saturated carbocycles. The van der Waals surface area contributed by atoms with Crippen LogP contribution in [0.3, 0.4) is 0 Å². The van der Waals surface area contributed by atoms with Gasteiger partial charge in [0, 0.05) is 5.41 Å². The van der Waals surface area contributed by atoms with Crippen LogP contribution in [0.2, 0.25) is 0 Å². The minimum absolute atomic E-state index is 0.101. The quantitative estimate of drug-likeness (QED) is 0.569. The summed E-state index contributed by atoms with van der Waals surface area (Å²) >= 11 is 0. The SMILES string of the molecule is CC(C)CC(C)C1(C=O)CC1. The third-order valence-electron chi connectivity index (χ3n) is 2.87. The molecule has 1 atom stereocenters. The Hall–Kier alpha value is -0.330. The molecule has 0 aliphatic heterocycles. The second kappa shape index (κ2) is 2.96. The zero-order valence-corrected chi connectivity index (χ0v) is 7.76. The average molecular weight is 154 g/mol. The maximum absolute atomic E-state index is 10.7. The summed E-state index contributed by atoms with van der Waals surface area (Å²) in [6.07, 6.45) is 4.63. The van der Waals surface area contributed by atoms with Crippen LogP contribution in [0.1, 0.15) is 40.0 Å². The Morgan fingerprint density at radius 2 is 1.91 bits per heavy atom. The molecule has 1 aliphatic rings. The summed E-state index contributed by atoms with van der Waals surface area (Å²) in [6.45, 7) is 6.65. The van der Waals surface area contributed by atoms with Crippen molar-refractivity contribution in [2.24, 2.45) is 17.3 Å². The average Bonchev–Trinajstić information content (AvgIpc) is 2.65. The minimum atomic E-state index is 0.101. The highest BCUT2D eigenvalue weighted by atomic mass is 16.1. The van der Waals surface area contributed by atoms with Gasteiger partial charge in [-0.15, -0.1) is 0 Å². The monoisotopic (exact) mass is 154 g/mol. The predicted molar refractivity (Wildman–Crippen MR) is 46.4 cm³/mol. The molecular formula is C10H18O. The lowest BCUT2D eigenvalue weighted by atomic mass is 9.85. The lowest BCUT2D eigenvalue weighted by Crippen LogP contribution is -2.16. The summed E-state index contributed by atoms with van der Waals surface area (Å²) in [5.74, 6) is 1.32.